The van der Waals surface area contributed by atoms with Gasteiger partial charge in [0.2, 0.25) is 5.58 Å². The van der Waals surface area contributed by atoms with Crippen molar-refractivity contribution in [2.45, 2.75) is 12.5 Å². The molecule has 1 aromatic carbocycles. The molecule has 1 aliphatic rings. The number of nitrogens with two attached hydrogens (primary N) is 1. The summed E-state index contributed by atoms with van der Waals surface area (Å²) in [5, 5.41) is 22.3. The molecule has 2 aromatic heterocycles. The summed E-state index contributed by atoms with van der Waals surface area (Å²) in [6.07, 6.45) is 4.32. The van der Waals surface area contributed by atoms with Crippen LogP contribution in [-0.4, -0.2) is 47.9 Å². The van der Waals surface area contributed by atoms with Gasteiger partial charge < -0.3 is 20.5 Å². The van der Waals surface area contributed by atoms with Crippen molar-refractivity contribution in [3.8, 4) is 0 Å². The molecule has 1 amide bonds. The minimum absolute atomic E-state index is 0.0652. The zero-order valence-corrected chi connectivity index (χ0v) is 16.6. The molecule has 0 spiro atoms. The molecule has 154 valence electrons. The Morgan fingerprint density at radius 2 is 2.07 bits per heavy atom. The molecule has 5 N–H and O–H groups in total. The van der Waals surface area contributed by atoms with Crippen molar-refractivity contribution in [2.24, 2.45) is 0 Å². The second-order valence-electron chi connectivity index (χ2n) is 6.82. The first-order chi connectivity index (χ1) is 14.5. The molecule has 0 radical (unpaired) electrons. The van der Waals surface area contributed by atoms with E-state index in [1.54, 1.807) is 24.3 Å². The molecule has 30 heavy (non-hydrogen) atoms. The van der Waals surface area contributed by atoms with Crippen LogP contribution in [0, 0.1) is 10.8 Å². The third kappa shape index (κ3) is 3.52. The summed E-state index contributed by atoms with van der Waals surface area (Å²) in [5.74, 6) is 0.622. The van der Waals surface area contributed by atoms with Crippen molar-refractivity contribution in [1.29, 1.82) is 10.8 Å². The van der Waals surface area contributed by atoms with Crippen LogP contribution in [0.2, 0.25) is 5.02 Å². The van der Waals surface area contributed by atoms with Gasteiger partial charge in [0.1, 0.15) is 0 Å². The predicted molar refractivity (Wildman–Crippen MR) is 116 cm³/mol. The average molecular weight is 427 g/mol. The molecule has 1 atom stereocenters. The number of aromatic nitrogens is 2. The Balaban J connectivity index is 1.44. The Morgan fingerprint density at radius 1 is 1.33 bits per heavy atom. The van der Waals surface area contributed by atoms with E-state index in [1.165, 1.54) is 11.1 Å². The highest BCUT2D eigenvalue weighted by Crippen LogP contribution is 2.34. The number of hydrogen-bond donors (Lipinski definition) is 4. The van der Waals surface area contributed by atoms with Crippen LogP contribution in [0.5, 0.6) is 0 Å². The first kappa shape index (κ1) is 19.6. The van der Waals surface area contributed by atoms with E-state index in [1.807, 2.05) is 4.90 Å². The molecule has 0 saturated carbocycles. The monoisotopic (exact) mass is 426 g/mol. The minimum atomic E-state index is -0.192. The largest absolute Gasteiger partial charge is 0.380 e. The molecule has 10 nitrogen and oxygen atoms in total. The van der Waals surface area contributed by atoms with Crippen molar-refractivity contribution in [1.82, 2.24) is 15.5 Å². The number of nitrogens with zero attached hydrogens (tertiary/aromatic N) is 4. The summed E-state index contributed by atoms with van der Waals surface area (Å²) in [7, 11) is 0. The van der Waals surface area contributed by atoms with Gasteiger partial charge in [0, 0.05) is 36.6 Å². The lowest BCUT2D eigenvalue weighted by atomic mass is 10.1. The highest BCUT2D eigenvalue weighted by atomic mass is 35.5. The molecule has 1 saturated heterocycles. The van der Waals surface area contributed by atoms with Crippen LogP contribution in [0.25, 0.3) is 11.0 Å². The SMILES string of the molecule is N=CN(C=N)c1ccc(C(=O)N[C@@H]2CCN(c3ncc(Cl)c4c(N)noc34)C2)cc1. The molecule has 3 aromatic rings. The third-order valence-electron chi connectivity index (χ3n) is 4.99. The average Bonchev–Trinajstić information content (AvgIpc) is 3.37. The summed E-state index contributed by atoms with van der Waals surface area (Å²) in [4.78, 5) is 20.3. The van der Waals surface area contributed by atoms with Gasteiger partial charge in [-0.25, -0.2) is 4.98 Å². The van der Waals surface area contributed by atoms with Crippen molar-refractivity contribution in [3.05, 3.63) is 41.0 Å². The normalized spacial score (nSPS) is 15.9. The molecule has 4 rings (SSSR count). The summed E-state index contributed by atoms with van der Waals surface area (Å²) in [5.41, 5.74) is 7.40. The fourth-order valence-electron chi connectivity index (χ4n) is 3.46. The highest BCUT2D eigenvalue weighted by Gasteiger charge is 2.28. The smallest absolute Gasteiger partial charge is 0.251 e. The number of hydrogen-bond acceptors (Lipinski definition) is 8. The third-order valence-corrected chi connectivity index (χ3v) is 5.28. The lowest BCUT2D eigenvalue weighted by molar-refractivity contribution is 0.0940. The second kappa shape index (κ2) is 7.99. The van der Waals surface area contributed by atoms with Crippen LogP contribution in [0.4, 0.5) is 17.3 Å². The zero-order valence-electron chi connectivity index (χ0n) is 15.8. The van der Waals surface area contributed by atoms with E-state index in [4.69, 9.17) is 32.7 Å². The maximum absolute atomic E-state index is 12.6. The Kier molecular flexibility index (Phi) is 5.23. The van der Waals surface area contributed by atoms with Gasteiger partial charge in [0.15, 0.2) is 11.6 Å². The standard InChI is InChI=1S/C19H19ClN8O2/c20-14-7-24-18(16-15(14)17(23)26-30-16)27-6-5-12(8-27)25-19(29)11-1-3-13(4-2-11)28(9-21)10-22/h1-4,7,9-10,12,21-22H,5-6,8H2,(H2,23,26)(H,25,29)/t12-/m1/s1. The number of benzene rings is 1. The van der Waals surface area contributed by atoms with Gasteiger partial charge in [0.05, 0.1) is 23.1 Å². The lowest BCUT2D eigenvalue weighted by Crippen LogP contribution is -2.37. The maximum Gasteiger partial charge on any atom is 0.251 e. The summed E-state index contributed by atoms with van der Waals surface area (Å²) < 4.78 is 5.32. The van der Waals surface area contributed by atoms with E-state index < -0.39 is 0 Å². The number of rotatable bonds is 6. The number of amides is 1. The Morgan fingerprint density at radius 3 is 2.77 bits per heavy atom. The van der Waals surface area contributed by atoms with Gasteiger partial charge in [-0.15, -0.1) is 0 Å². The van der Waals surface area contributed by atoms with E-state index in [-0.39, 0.29) is 17.8 Å². The molecule has 0 aliphatic carbocycles. The van der Waals surface area contributed by atoms with Crippen LogP contribution in [-0.2, 0) is 0 Å². The highest BCUT2D eigenvalue weighted by molar-refractivity contribution is 6.36. The number of pyridine rings is 1. The number of carbonyl (C=O) groups is 1. The van der Waals surface area contributed by atoms with Crippen molar-refractivity contribution in [3.63, 3.8) is 0 Å². The van der Waals surface area contributed by atoms with Gasteiger partial charge in [-0.2, -0.15) is 0 Å². The molecular weight excluding hydrogens is 408 g/mol. The second-order valence-corrected chi connectivity index (χ2v) is 7.23. The van der Waals surface area contributed by atoms with Gasteiger partial charge in [-0.3, -0.25) is 20.5 Å². The number of anilines is 3. The quantitative estimate of drug-likeness (QED) is 0.349. The topological polar surface area (TPSA) is 148 Å². The molecule has 0 bridgehead atoms. The van der Waals surface area contributed by atoms with Crippen molar-refractivity contribution >= 4 is 58.5 Å². The van der Waals surface area contributed by atoms with Crippen molar-refractivity contribution in [2.75, 3.05) is 28.6 Å². The van der Waals surface area contributed by atoms with E-state index in [2.05, 4.69) is 15.5 Å². The van der Waals surface area contributed by atoms with E-state index in [0.29, 0.717) is 46.2 Å². The molecule has 1 fully saturated rings. The summed E-state index contributed by atoms with van der Waals surface area (Å²) >= 11 is 6.15. The number of fused-ring (bicyclic) bond motifs is 1. The zero-order chi connectivity index (χ0) is 21.3. The number of nitrogen functional groups attached to an aromatic ring is 1. The molecule has 11 heteroatoms. The van der Waals surface area contributed by atoms with Gasteiger partial charge >= 0.3 is 0 Å². The van der Waals surface area contributed by atoms with E-state index in [9.17, 15) is 4.79 Å². The molecule has 1 aliphatic heterocycles. The van der Waals surface area contributed by atoms with Crippen molar-refractivity contribution < 1.29 is 9.32 Å². The molecule has 3 heterocycles. The molecular formula is C19H19ClN8O2. The fourth-order valence-corrected chi connectivity index (χ4v) is 3.69. The van der Waals surface area contributed by atoms with Gasteiger partial charge in [-0.05, 0) is 30.7 Å². The Bertz CT molecular complexity index is 1110. The van der Waals surface area contributed by atoms with Crippen LogP contribution in [0.3, 0.4) is 0 Å². The first-order valence-corrected chi connectivity index (χ1v) is 9.54. The number of carbonyl (C=O) groups excluding carboxylic acids is 1. The van der Waals surface area contributed by atoms with Crippen LogP contribution >= 0.6 is 11.6 Å². The van der Waals surface area contributed by atoms with E-state index in [0.717, 1.165) is 19.1 Å². The summed E-state index contributed by atoms with van der Waals surface area (Å²) in [6.45, 7) is 1.24. The van der Waals surface area contributed by atoms with Crippen LogP contribution < -0.4 is 20.9 Å². The van der Waals surface area contributed by atoms with Gasteiger partial charge in [0.25, 0.3) is 5.91 Å². The number of halogens is 1. The minimum Gasteiger partial charge on any atom is -0.380 e. The Hall–Kier alpha value is -3.66. The van der Waals surface area contributed by atoms with E-state index >= 15 is 0 Å². The van der Waals surface area contributed by atoms with Crippen LogP contribution in [0.15, 0.2) is 35.0 Å². The number of nitrogens with one attached hydrogen (secondary N) is 3. The summed E-state index contributed by atoms with van der Waals surface area (Å²) in [6, 6.07) is 6.64. The van der Waals surface area contributed by atoms with Crippen LogP contribution in [0.1, 0.15) is 16.8 Å². The fraction of sp³-hybridized carbons (Fsp3) is 0.211. The predicted octanol–water partition coefficient (Wildman–Crippen LogP) is 2.49. The first-order valence-electron chi connectivity index (χ1n) is 9.16. The lowest BCUT2D eigenvalue weighted by Gasteiger charge is -2.18. The Labute approximate surface area is 176 Å². The molecule has 0 unspecified atom stereocenters. The van der Waals surface area contributed by atoms with Gasteiger partial charge in [-0.1, -0.05) is 16.8 Å². The maximum atomic E-state index is 12.6.